The Hall–Kier alpha value is -3.17. The molecule has 0 saturated heterocycles. The number of ether oxygens (including phenoxy) is 3. The van der Waals surface area contributed by atoms with Gasteiger partial charge >= 0.3 is 5.97 Å². The zero-order chi connectivity index (χ0) is 26.0. The molecule has 0 bridgehead atoms. The molecule has 0 N–H and O–H groups in total. The molecule has 0 fully saturated rings. The van der Waals surface area contributed by atoms with Crippen molar-refractivity contribution in [1.82, 2.24) is 4.57 Å². The van der Waals surface area contributed by atoms with E-state index in [2.05, 4.69) is 20.9 Å². The number of benzene rings is 2. The van der Waals surface area contributed by atoms with Crippen molar-refractivity contribution in [3.05, 3.63) is 88.5 Å². The Morgan fingerprint density at radius 3 is 2.53 bits per heavy atom. The van der Waals surface area contributed by atoms with Gasteiger partial charge in [-0.2, -0.15) is 0 Å². The summed E-state index contributed by atoms with van der Waals surface area (Å²) in [7, 11) is 1.57. The highest BCUT2D eigenvalue weighted by Gasteiger charge is 2.33. The average Bonchev–Trinajstić information content (AvgIpc) is 3.14. The fourth-order valence-corrected chi connectivity index (χ4v) is 5.74. The van der Waals surface area contributed by atoms with Crippen molar-refractivity contribution in [1.29, 1.82) is 0 Å². The summed E-state index contributed by atoms with van der Waals surface area (Å²) in [6.07, 6.45) is 1.79. The first-order valence-corrected chi connectivity index (χ1v) is 13.2. The molecule has 0 amide bonds. The SMILES string of the molecule is CCOC(=O)C1=C(C)N=c2s/c(=C/c3cc(Br)c(OCC)c(OC)c3)c(=O)n2[C@H]1c1ccc(C)cc1. The predicted molar refractivity (Wildman–Crippen MR) is 143 cm³/mol. The lowest BCUT2D eigenvalue weighted by Gasteiger charge is -2.24. The number of aryl methyl sites for hydroxylation is 1. The Bertz CT molecular complexity index is 1520. The minimum Gasteiger partial charge on any atom is -0.493 e. The largest absolute Gasteiger partial charge is 0.493 e. The Labute approximate surface area is 221 Å². The summed E-state index contributed by atoms with van der Waals surface area (Å²) in [5, 5.41) is 0. The smallest absolute Gasteiger partial charge is 0.338 e. The second-order valence-corrected chi connectivity index (χ2v) is 10.0. The first kappa shape index (κ1) is 25.9. The third-order valence-electron chi connectivity index (χ3n) is 5.75. The number of aromatic nitrogens is 1. The number of halogens is 1. The maximum atomic E-state index is 13.7. The van der Waals surface area contributed by atoms with Crippen LogP contribution in [-0.4, -0.2) is 30.9 Å². The molecule has 188 valence electrons. The quantitative estimate of drug-likeness (QED) is 0.396. The molecule has 0 radical (unpaired) electrons. The van der Waals surface area contributed by atoms with Crippen LogP contribution >= 0.6 is 27.3 Å². The molecule has 2 heterocycles. The van der Waals surface area contributed by atoms with E-state index in [1.807, 2.05) is 50.2 Å². The zero-order valence-electron chi connectivity index (χ0n) is 20.8. The lowest BCUT2D eigenvalue weighted by Crippen LogP contribution is -2.39. The van der Waals surface area contributed by atoms with Crippen LogP contribution in [0.4, 0.5) is 0 Å². The van der Waals surface area contributed by atoms with Gasteiger partial charge in [-0.3, -0.25) is 9.36 Å². The molecular weight excluding hydrogens is 544 g/mol. The maximum Gasteiger partial charge on any atom is 0.338 e. The molecule has 0 spiro atoms. The number of carbonyl (C=O) groups excluding carboxylic acids is 1. The van der Waals surface area contributed by atoms with E-state index in [-0.39, 0.29) is 12.2 Å². The van der Waals surface area contributed by atoms with Gasteiger partial charge in [0.2, 0.25) is 0 Å². The second kappa shape index (κ2) is 10.8. The van der Waals surface area contributed by atoms with Crippen LogP contribution in [0.25, 0.3) is 6.08 Å². The number of hydrogen-bond donors (Lipinski definition) is 0. The molecule has 1 atom stereocenters. The fraction of sp³-hybridized carbons (Fsp3) is 0.296. The standard InChI is InChI=1S/C27H27BrN2O5S/c1-6-34-24-19(28)12-17(13-20(24)33-5)14-21-25(31)30-23(18-10-8-15(3)9-11-18)22(26(32)35-7-2)16(4)29-27(30)36-21/h8-14,23H,6-7H2,1-5H3/b21-14+/t23-/m0/s1. The van der Waals surface area contributed by atoms with Crippen LogP contribution in [0.5, 0.6) is 11.5 Å². The minimum absolute atomic E-state index is 0.231. The van der Waals surface area contributed by atoms with E-state index in [9.17, 15) is 9.59 Å². The van der Waals surface area contributed by atoms with Crippen LogP contribution in [0.15, 0.2) is 61.9 Å². The van der Waals surface area contributed by atoms with Gasteiger partial charge in [-0.25, -0.2) is 9.79 Å². The van der Waals surface area contributed by atoms with Gasteiger partial charge in [0.15, 0.2) is 16.3 Å². The molecule has 1 aliphatic rings. The average molecular weight is 571 g/mol. The van der Waals surface area contributed by atoms with Crippen LogP contribution < -0.4 is 24.4 Å². The topological polar surface area (TPSA) is 79.1 Å². The molecule has 0 saturated carbocycles. The Morgan fingerprint density at radius 1 is 1.17 bits per heavy atom. The highest BCUT2D eigenvalue weighted by atomic mass is 79.9. The van der Waals surface area contributed by atoms with E-state index in [1.165, 1.54) is 11.3 Å². The predicted octanol–water partition coefficient (Wildman–Crippen LogP) is 4.28. The molecule has 1 aliphatic heterocycles. The van der Waals surface area contributed by atoms with Gasteiger partial charge in [0.05, 0.1) is 46.6 Å². The molecule has 0 unspecified atom stereocenters. The lowest BCUT2D eigenvalue weighted by atomic mass is 9.95. The lowest BCUT2D eigenvalue weighted by molar-refractivity contribution is -0.139. The molecular formula is C27H27BrN2O5S. The highest BCUT2D eigenvalue weighted by molar-refractivity contribution is 9.10. The summed E-state index contributed by atoms with van der Waals surface area (Å²) in [6, 6.07) is 10.9. The van der Waals surface area contributed by atoms with Crippen molar-refractivity contribution in [2.75, 3.05) is 20.3 Å². The Balaban J connectivity index is 1.92. The second-order valence-electron chi connectivity index (χ2n) is 8.18. The number of carbonyl (C=O) groups is 1. The van der Waals surface area contributed by atoms with Crippen molar-refractivity contribution in [3.63, 3.8) is 0 Å². The van der Waals surface area contributed by atoms with Crippen LogP contribution in [0.3, 0.4) is 0 Å². The van der Waals surface area contributed by atoms with E-state index in [1.54, 1.807) is 31.6 Å². The van der Waals surface area contributed by atoms with Gasteiger partial charge < -0.3 is 14.2 Å². The summed E-state index contributed by atoms with van der Waals surface area (Å²) in [5.74, 6) is 0.690. The van der Waals surface area contributed by atoms with Crippen molar-refractivity contribution in [2.45, 2.75) is 33.7 Å². The van der Waals surface area contributed by atoms with Crippen LogP contribution in [0.2, 0.25) is 0 Å². The van der Waals surface area contributed by atoms with Gasteiger partial charge in [-0.15, -0.1) is 0 Å². The normalized spacial score (nSPS) is 15.4. The molecule has 9 heteroatoms. The van der Waals surface area contributed by atoms with E-state index in [4.69, 9.17) is 14.2 Å². The number of thiazole rings is 1. The number of nitrogens with zero attached hydrogens (tertiary/aromatic N) is 2. The van der Waals surface area contributed by atoms with E-state index in [0.29, 0.717) is 38.7 Å². The molecule has 2 aromatic carbocycles. The van der Waals surface area contributed by atoms with Crippen LogP contribution in [0.1, 0.15) is 43.5 Å². The summed E-state index contributed by atoms with van der Waals surface area (Å²) in [6.45, 7) is 8.15. The van der Waals surface area contributed by atoms with Crippen molar-refractivity contribution >= 4 is 39.3 Å². The monoisotopic (exact) mass is 570 g/mol. The summed E-state index contributed by atoms with van der Waals surface area (Å²) >= 11 is 4.82. The number of fused-ring (bicyclic) bond motifs is 1. The van der Waals surface area contributed by atoms with Gasteiger partial charge in [-0.1, -0.05) is 41.2 Å². The molecule has 4 rings (SSSR count). The Kier molecular flexibility index (Phi) is 7.80. The van der Waals surface area contributed by atoms with Gasteiger partial charge in [0.25, 0.3) is 5.56 Å². The zero-order valence-corrected chi connectivity index (χ0v) is 23.2. The van der Waals surface area contributed by atoms with E-state index in [0.717, 1.165) is 21.2 Å². The van der Waals surface area contributed by atoms with Crippen molar-refractivity contribution in [2.24, 2.45) is 4.99 Å². The first-order chi connectivity index (χ1) is 17.3. The van der Waals surface area contributed by atoms with Crippen molar-refractivity contribution in [3.8, 4) is 11.5 Å². The van der Waals surface area contributed by atoms with Crippen molar-refractivity contribution < 1.29 is 19.0 Å². The maximum absolute atomic E-state index is 13.7. The molecule has 7 nitrogen and oxygen atoms in total. The minimum atomic E-state index is -0.635. The number of esters is 1. The van der Waals surface area contributed by atoms with E-state index < -0.39 is 12.0 Å². The summed E-state index contributed by atoms with van der Waals surface area (Å²) in [4.78, 5) is 31.9. The fourth-order valence-electron chi connectivity index (χ4n) is 4.11. The van der Waals surface area contributed by atoms with E-state index >= 15 is 0 Å². The molecule has 1 aromatic heterocycles. The van der Waals surface area contributed by atoms with Gasteiger partial charge in [0, 0.05) is 0 Å². The highest BCUT2D eigenvalue weighted by Crippen LogP contribution is 2.37. The summed E-state index contributed by atoms with van der Waals surface area (Å²) in [5.41, 5.74) is 3.33. The van der Waals surface area contributed by atoms with Gasteiger partial charge in [0.1, 0.15) is 0 Å². The Morgan fingerprint density at radius 2 is 1.89 bits per heavy atom. The number of allylic oxidation sites excluding steroid dienone is 1. The molecule has 0 aliphatic carbocycles. The number of hydrogen-bond acceptors (Lipinski definition) is 7. The van der Waals surface area contributed by atoms with Crippen LogP contribution in [0, 0.1) is 6.92 Å². The van der Waals surface area contributed by atoms with Crippen LogP contribution in [-0.2, 0) is 9.53 Å². The molecule has 3 aromatic rings. The summed E-state index contributed by atoms with van der Waals surface area (Å²) < 4.78 is 19.3. The third kappa shape index (κ3) is 4.90. The molecule has 36 heavy (non-hydrogen) atoms. The number of rotatable bonds is 7. The van der Waals surface area contributed by atoms with Gasteiger partial charge in [-0.05, 0) is 73.0 Å². The number of methoxy groups -OCH3 is 1. The third-order valence-corrected chi connectivity index (χ3v) is 7.32. The first-order valence-electron chi connectivity index (χ1n) is 11.6.